The van der Waals surface area contributed by atoms with Gasteiger partial charge in [-0.1, -0.05) is 35.0 Å². The number of alkyl halides is 1. The fourth-order valence-corrected chi connectivity index (χ4v) is 2.19. The molecule has 0 aliphatic carbocycles. The highest BCUT2D eigenvalue weighted by Crippen LogP contribution is 2.11. The minimum Gasteiger partial charge on any atom is -0.508 e. The highest BCUT2D eigenvalue weighted by Gasteiger charge is 2.10. The van der Waals surface area contributed by atoms with Crippen LogP contribution < -0.4 is 5.32 Å². The minimum absolute atomic E-state index is 0.00315. The lowest BCUT2D eigenvalue weighted by molar-refractivity contribution is -0.121. The van der Waals surface area contributed by atoms with Gasteiger partial charge in [-0.25, -0.2) is 0 Å². The molecule has 3 nitrogen and oxygen atoms in total. The van der Waals surface area contributed by atoms with Gasteiger partial charge < -0.3 is 10.4 Å². The zero-order valence-electron chi connectivity index (χ0n) is 9.95. The number of halogens is 1. The topological polar surface area (TPSA) is 49.3 Å². The molecule has 0 heterocycles. The quantitative estimate of drug-likeness (QED) is 0.793. The van der Waals surface area contributed by atoms with Gasteiger partial charge in [-0.15, -0.1) is 0 Å². The molecule has 1 aromatic rings. The van der Waals surface area contributed by atoms with Crippen LogP contribution in [0.3, 0.4) is 0 Å². The number of hydrogen-bond acceptors (Lipinski definition) is 2. The van der Waals surface area contributed by atoms with Crippen molar-refractivity contribution in [2.75, 3.05) is 5.33 Å². The van der Waals surface area contributed by atoms with E-state index in [0.717, 1.165) is 23.7 Å². The molecule has 0 saturated heterocycles. The van der Waals surface area contributed by atoms with Crippen molar-refractivity contribution < 1.29 is 9.90 Å². The standard InChI is InChI=1S/C13H18BrNO2/c1-2-11(6-7-14)15-13(17)9-10-4-3-5-12(16)8-10/h3-5,8,11,16H,2,6-7,9H2,1H3,(H,15,17). The van der Waals surface area contributed by atoms with E-state index in [0.29, 0.717) is 6.42 Å². The molecule has 0 spiro atoms. The fourth-order valence-electron chi connectivity index (χ4n) is 1.64. The molecule has 0 radical (unpaired) electrons. The largest absolute Gasteiger partial charge is 0.508 e. The van der Waals surface area contributed by atoms with Crippen molar-refractivity contribution in [1.29, 1.82) is 0 Å². The lowest BCUT2D eigenvalue weighted by Gasteiger charge is -2.15. The maximum atomic E-state index is 11.8. The van der Waals surface area contributed by atoms with E-state index < -0.39 is 0 Å². The first-order valence-corrected chi connectivity index (χ1v) is 6.91. The first-order chi connectivity index (χ1) is 8.15. The van der Waals surface area contributed by atoms with Crippen LogP contribution >= 0.6 is 15.9 Å². The van der Waals surface area contributed by atoms with Crippen molar-refractivity contribution in [2.45, 2.75) is 32.2 Å². The number of amides is 1. The first kappa shape index (κ1) is 14.0. The monoisotopic (exact) mass is 299 g/mol. The highest BCUT2D eigenvalue weighted by molar-refractivity contribution is 9.09. The van der Waals surface area contributed by atoms with Gasteiger partial charge in [0.2, 0.25) is 5.91 Å². The fraction of sp³-hybridized carbons (Fsp3) is 0.462. The maximum Gasteiger partial charge on any atom is 0.224 e. The number of phenols is 1. The molecular weight excluding hydrogens is 282 g/mol. The van der Waals surface area contributed by atoms with Gasteiger partial charge in [-0.3, -0.25) is 4.79 Å². The van der Waals surface area contributed by atoms with Gasteiger partial charge in [0.25, 0.3) is 0 Å². The van der Waals surface area contributed by atoms with Crippen molar-refractivity contribution in [3.8, 4) is 5.75 Å². The molecule has 2 N–H and O–H groups in total. The molecule has 4 heteroatoms. The molecule has 0 aliphatic rings. The molecule has 1 aromatic carbocycles. The molecule has 0 aromatic heterocycles. The number of aromatic hydroxyl groups is 1. The van der Waals surface area contributed by atoms with Gasteiger partial charge in [-0.2, -0.15) is 0 Å². The van der Waals surface area contributed by atoms with Crippen molar-refractivity contribution in [1.82, 2.24) is 5.32 Å². The lowest BCUT2D eigenvalue weighted by Crippen LogP contribution is -2.35. The van der Waals surface area contributed by atoms with Crippen molar-refractivity contribution in [3.05, 3.63) is 29.8 Å². The Labute approximate surface area is 110 Å². The molecule has 0 saturated carbocycles. The van der Waals surface area contributed by atoms with E-state index in [9.17, 15) is 9.90 Å². The van der Waals surface area contributed by atoms with E-state index in [2.05, 4.69) is 28.2 Å². The second kappa shape index (κ2) is 7.33. The molecular formula is C13H18BrNO2. The molecule has 94 valence electrons. The molecule has 1 amide bonds. The summed E-state index contributed by atoms with van der Waals surface area (Å²) in [6, 6.07) is 7.02. The summed E-state index contributed by atoms with van der Waals surface area (Å²) < 4.78 is 0. The summed E-state index contributed by atoms with van der Waals surface area (Å²) in [4.78, 5) is 11.8. The van der Waals surface area contributed by atoms with Gasteiger partial charge in [0.15, 0.2) is 0 Å². The SMILES string of the molecule is CCC(CCBr)NC(=O)Cc1cccc(O)c1. The van der Waals surface area contributed by atoms with E-state index >= 15 is 0 Å². The van der Waals surface area contributed by atoms with E-state index in [1.807, 2.05) is 6.07 Å². The minimum atomic E-state index is 0.00315. The Morgan fingerprint density at radius 2 is 2.29 bits per heavy atom. The van der Waals surface area contributed by atoms with E-state index in [1.54, 1.807) is 18.2 Å². The van der Waals surface area contributed by atoms with Crippen molar-refractivity contribution >= 4 is 21.8 Å². The second-order valence-corrected chi connectivity index (χ2v) is 4.79. The number of carbonyl (C=O) groups excluding carboxylic acids is 1. The summed E-state index contributed by atoms with van der Waals surface area (Å²) in [5, 5.41) is 13.2. The van der Waals surface area contributed by atoms with Crippen LogP contribution in [0, 0.1) is 0 Å². The van der Waals surface area contributed by atoms with Crippen LogP contribution in [0.5, 0.6) is 5.75 Å². The zero-order valence-corrected chi connectivity index (χ0v) is 11.5. The van der Waals surface area contributed by atoms with Gasteiger partial charge in [0.05, 0.1) is 6.42 Å². The predicted molar refractivity (Wildman–Crippen MR) is 72.4 cm³/mol. The Bertz CT molecular complexity index is 368. The number of carbonyl (C=O) groups is 1. The Hall–Kier alpha value is -1.03. The Balaban J connectivity index is 2.49. The summed E-state index contributed by atoms with van der Waals surface area (Å²) in [5.74, 6) is 0.200. The zero-order chi connectivity index (χ0) is 12.7. The van der Waals surface area contributed by atoms with Crippen molar-refractivity contribution in [2.24, 2.45) is 0 Å². The summed E-state index contributed by atoms with van der Waals surface area (Å²) in [5.41, 5.74) is 0.830. The van der Waals surface area contributed by atoms with E-state index in [-0.39, 0.29) is 17.7 Å². The van der Waals surface area contributed by atoms with Crippen LogP contribution in [-0.4, -0.2) is 22.4 Å². The van der Waals surface area contributed by atoms with Crippen LogP contribution in [-0.2, 0) is 11.2 Å². The molecule has 0 aliphatic heterocycles. The predicted octanol–water partition coefficient (Wildman–Crippen LogP) is 2.61. The Morgan fingerprint density at radius 1 is 1.53 bits per heavy atom. The normalized spacial score (nSPS) is 12.1. The molecule has 17 heavy (non-hydrogen) atoms. The average Bonchev–Trinajstić information content (AvgIpc) is 2.28. The van der Waals surface area contributed by atoms with E-state index in [1.165, 1.54) is 0 Å². The Morgan fingerprint density at radius 3 is 2.88 bits per heavy atom. The molecule has 1 unspecified atom stereocenters. The highest BCUT2D eigenvalue weighted by atomic mass is 79.9. The summed E-state index contributed by atoms with van der Waals surface area (Å²) in [6.07, 6.45) is 2.17. The third kappa shape index (κ3) is 5.22. The summed E-state index contributed by atoms with van der Waals surface area (Å²) in [6.45, 7) is 2.06. The number of phenolic OH excluding ortho intramolecular Hbond substituents is 1. The first-order valence-electron chi connectivity index (χ1n) is 5.79. The summed E-state index contributed by atoms with van der Waals surface area (Å²) >= 11 is 3.37. The lowest BCUT2D eigenvalue weighted by atomic mass is 10.1. The average molecular weight is 300 g/mol. The number of rotatable bonds is 6. The summed E-state index contributed by atoms with van der Waals surface area (Å²) in [7, 11) is 0. The number of benzene rings is 1. The third-order valence-electron chi connectivity index (χ3n) is 2.59. The van der Waals surface area contributed by atoms with Crippen LogP contribution in [0.15, 0.2) is 24.3 Å². The van der Waals surface area contributed by atoms with E-state index in [4.69, 9.17) is 0 Å². The van der Waals surface area contributed by atoms with Gasteiger partial charge in [0.1, 0.15) is 5.75 Å². The van der Waals surface area contributed by atoms with Gasteiger partial charge in [0, 0.05) is 11.4 Å². The molecule has 0 fully saturated rings. The van der Waals surface area contributed by atoms with Crippen LogP contribution in [0.1, 0.15) is 25.3 Å². The van der Waals surface area contributed by atoms with Gasteiger partial charge >= 0.3 is 0 Å². The van der Waals surface area contributed by atoms with Crippen LogP contribution in [0.2, 0.25) is 0 Å². The van der Waals surface area contributed by atoms with Crippen molar-refractivity contribution in [3.63, 3.8) is 0 Å². The Kier molecular flexibility index (Phi) is 6.05. The van der Waals surface area contributed by atoms with Gasteiger partial charge in [-0.05, 0) is 30.5 Å². The third-order valence-corrected chi connectivity index (χ3v) is 3.05. The number of hydrogen-bond donors (Lipinski definition) is 2. The molecule has 1 atom stereocenters. The van der Waals surface area contributed by atoms with Crippen LogP contribution in [0.4, 0.5) is 0 Å². The second-order valence-electron chi connectivity index (χ2n) is 4.00. The molecule has 1 rings (SSSR count). The maximum absolute atomic E-state index is 11.8. The number of nitrogens with one attached hydrogen (secondary N) is 1. The van der Waals surface area contributed by atoms with Crippen LogP contribution in [0.25, 0.3) is 0 Å². The molecule has 0 bridgehead atoms. The smallest absolute Gasteiger partial charge is 0.224 e.